The van der Waals surface area contributed by atoms with Gasteiger partial charge in [0.25, 0.3) is 0 Å². The van der Waals surface area contributed by atoms with Gasteiger partial charge in [0.2, 0.25) is 5.91 Å². The maximum Gasteiger partial charge on any atom is 0.228 e. The topological polar surface area (TPSA) is 68.0 Å². The summed E-state index contributed by atoms with van der Waals surface area (Å²) >= 11 is 0. The number of rotatable bonds is 5. The molecule has 20 heavy (non-hydrogen) atoms. The maximum absolute atomic E-state index is 12.3. The lowest BCUT2D eigenvalue weighted by molar-refractivity contribution is -0.120. The molecule has 0 saturated heterocycles. The van der Waals surface area contributed by atoms with Gasteiger partial charge in [0.05, 0.1) is 17.1 Å². The summed E-state index contributed by atoms with van der Waals surface area (Å²) < 4.78 is 0. The average Bonchev–Trinajstić information content (AvgIpc) is 2.45. The summed E-state index contributed by atoms with van der Waals surface area (Å²) in [4.78, 5) is 16.6. The highest BCUT2D eigenvalue weighted by Crippen LogP contribution is 2.22. The van der Waals surface area contributed by atoms with E-state index in [-0.39, 0.29) is 11.8 Å². The molecular weight excluding hydrogens is 250 g/mol. The summed E-state index contributed by atoms with van der Waals surface area (Å²) in [5.74, 6) is 0.281. The van der Waals surface area contributed by atoms with E-state index in [1.165, 1.54) is 0 Å². The number of nitrogens with zero attached hydrogens (tertiary/aromatic N) is 1. The van der Waals surface area contributed by atoms with E-state index < -0.39 is 0 Å². The Morgan fingerprint density at radius 2 is 2.10 bits per heavy atom. The van der Waals surface area contributed by atoms with Crippen LogP contribution in [0.5, 0.6) is 0 Å². The molecule has 0 bridgehead atoms. The number of hydrogen-bond acceptors (Lipinski definition) is 3. The second-order valence-corrected chi connectivity index (χ2v) is 5.43. The number of nitrogens with one attached hydrogen (secondary N) is 1. The molecule has 1 heterocycles. The zero-order valence-electron chi connectivity index (χ0n) is 12.0. The van der Waals surface area contributed by atoms with Gasteiger partial charge in [-0.15, -0.1) is 0 Å². The van der Waals surface area contributed by atoms with Crippen LogP contribution in [0.1, 0.15) is 20.3 Å². The maximum atomic E-state index is 12.3. The molecule has 4 nitrogen and oxygen atoms in total. The Hall–Kier alpha value is -1.94. The van der Waals surface area contributed by atoms with Crippen LogP contribution < -0.4 is 11.1 Å². The molecule has 0 saturated carbocycles. The van der Waals surface area contributed by atoms with Gasteiger partial charge in [-0.2, -0.15) is 0 Å². The van der Waals surface area contributed by atoms with Crippen LogP contribution in [-0.2, 0) is 4.79 Å². The minimum atomic E-state index is -0.151. The first-order valence-corrected chi connectivity index (χ1v) is 6.96. The Kier molecular flexibility index (Phi) is 4.69. The van der Waals surface area contributed by atoms with Crippen LogP contribution in [-0.4, -0.2) is 17.4 Å². The predicted molar refractivity (Wildman–Crippen MR) is 82.4 cm³/mol. The molecule has 0 aliphatic carbocycles. The van der Waals surface area contributed by atoms with Crippen molar-refractivity contribution in [3.63, 3.8) is 0 Å². The van der Waals surface area contributed by atoms with Crippen LogP contribution in [0.25, 0.3) is 10.9 Å². The number of hydrogen-bond donors (Lipinski definition) is 2. The number of anilines is 1. The van der Waals surface area contributed by atoms with E-state index in [1.54, 1.807) is 6.20 Å². The van der Waals surface area contributed by atoms with Crippen LogP contribution in [0.3, 0.4) is 0 Å². The molecule has 106 valence electrons. The number of fused-ring (bicyclic) bond motifs is 1. The van der Waals surface area contributed by atoms with Crippen LogP contribution in [0.4, 0.5) is 5.69 Å². The van der Waals surface area contributed by atoms with Gasteiger partial charge in [0.1, 0.15) is 0 Å². The summed E-state index contributed by atoms with van der Waals surface area (Å²) in [7, 11) is 0. The fourth-order valence-corrected chi connectivity index (χ4v) is 2.33. The predicted octanol–water partition coefficient (Wildman–Crippen LogP) is 2.79. The van der Waals surface area contributed by atoms with E-state index in [2.05, 4.69) is 24.1 Å². The summed E-state index contributed by atoms with van der Waals surface area (Å²) in [5, 5.41) is 3.93. The Morgan fingerprint density at radius 1 is 1.30 bits per heavy atom. The fraction of sp³-hybridized carbons (Fsp3) is 0.375. The van der Waals surface area contributed by atoms with E-state index in [1.807, 2.05) is 30.3 Å². The summed E-state index contributed by atoms with van der Waals surface area (Å²) in [6.07, 6.45) is 2.54. The van der Waals surface area contributed by atoms with Gasteiger partial charge >= 0.3 is 0 Å². The number of nitrogens with two attached hydrogens (primary N) is 1. The lowest BCUT2D eigenvalue weighted by atomic mass is 9.96. The summed E-state index contributed by atoms with van der Waals surface area (Å²) in [6.45, 7) is 4.56. The van der Waals surface area contributed by atoms with Crippen molar-refractivity contribution in [3.05, 3.63) is 36.5 Å². The molecule has 0 spiro atoms. The van der Waals surface area contributed by atoms with Crippen LogP contribution in [0, 0.1) is 11.8 Å². The van der Waals surface area contributed by atoms with Gasteiger partial charge in [-0.3, -0.25) is 9.78 Å². The van der Waals surface area contributed by atoms with Crippen LogP contribution >= 0.6 is 0 Å². The van der Waals surface area contributed by atoms with Crippen molar-refractivity contribution in [1.29, 1.82) is 0 Å². The lowest BCUT2D eigenvalue weighted by Gasteiger charge is -2.17. The molecule has 0 aliphatic rings. The number of aromatic nitrogens is 1. The highest BCUT2D eigenvalue weighted by molar-refractivity contribution is 6.01. The normalized spacial score (nSPS) is 12.6. The quantitative estimate of drug-likeness (QED) is 0.878. The van der Waals surface area contributed by atoms with Gasteiger partial charge < -0.3 is 11.1 Å². The molecule has 2 aromatic rings. The second-order valence-electron chi connectivity index (χ2n) is 5.43. The van der Waals surface area contributed by atoms with Crippen molar-refractivity contribution < 1.29 is 4.79 Å². The molecule has 0 fully saturated rings. The minimum Gasteiger partial charge on any atom is -0.330 e. The van der Waals surface area contributed by atoms with Crippen molar-refractivity contribution in [2.45, 2.75) is 20.3 Å². The molecule has 1 amide bonds. The third-order valence-corrected chi connectivity index (χ3v) is 3.31. The average molecular weight is 271 g/mol. The summed E-state index contributed by atoms with van der Waals surface area (Å²) in [5.41, 5.74) is 7.38. The number of amides is 1. The van der Waals surface area contributed by atoms with Crippen molar-refractivity contribution >= 4 is 22.5 Å². The van der Waals surface area contributed by atoms with E-state index in [4.69, 9.17) is 5.73 Å². The number of benzene rings is 1. The smallest absolute Gasteiger partial charge is 0.228 e. The highest BCUT2D eigenvalue weighted by Gasteiger charge is 2.18. The molecule has 1 unspecified atom stereocenters. The van der Waals surface area contributed by atoms with E-state index in [0.29, 0.717) is 12.5 Å². The summed E-state index contributed by atoms with van der Waals surface area (Å²) in [6, 6.07) is 9.54. The number of carbonyl (C=O) groups excluding carboxylic acids is 1. The van der Waals surface area contributed by atoms with Crippen LogP contribution in [0.2, 0.25) is 0 Å². The number of pyridine rings is 1. The number of carbonyl (C=O) groups is 1. The zero-order valence-corrected chi connectivity index (χ0v) is 12.0. The standard InChI is InChI=1S/C16H21N3O/c1-11(2)9-12(10-17)16(20)19-15-7-3-6-14-13(15)5-4-8-18-14/h3-8,11-12H,9-10,17H2,1-2H3,(H,19,20). The van der Waals surface area contributed by atoms with Gasteiger partial charge in [0.15, 0.2) is 0 Å². The molecule has 1 aromatic carbocycles. The van der Waals surface area contributed by atoms with Gasteiger partial charge in [0, 0.05) is 18.1 Å². The first kappa shape index (κ1) is 14.5. The van der Waals surface area contributed by atoms with Crippen LogP contribution in [0.15, 0.2) is 36.5 Å². The minimum absolute atomic E-state index is 0.0162. The van der Waals surface area contributed by atoms with Gasteiger partial charge in [-0.05, 0) is 36.6 Å². The van der Waals surface area contributed by atoms with Gasteiger partial charge in [-0.25, -0.2) is 0 Å². The van der Waals surface area contributed by atoms with Crippen molar-refractivity contribution in [2.24, 2.45) is 17.6 Å². The third kappa shape index (κ3) is 3.33. The first-order chi connectivity index (χ1) is 9.61. The molecule has 3 N–H and O–H groups in total. The van der Waals surface area contributed by atoms with E-state index in [0.717, 1.165) is 23.0 Å². The Labute approximate surface area is 119 Å². The Morgan fingerprint density at radius 3 is 2.80 bits per heavy atom. The van der Waals surface area contributed by atoms with E-state index >= 15 is 0 Å². The molecule has 0 aliphatic heterocycles. The Balaban J connectivity index is 2.21. The molecular formula is C16H21N3O. The largest absolute Gasteiger partial charge is 0.330 e. The van der Waals surface area contributed by atoms with Crippen molar-refractivity contribution in [1.82, 2.24) is 4.98 Å². The second kappa shape index (κ2) is 6.48. The molecule has 4 heteroatoms. The Bertz CT molecular complexity index is 590. The van der Waals surface area contributed by atoms with Gasteiger partial charge in [-0.1, -0.05) is 19.9 Å². The lowest BCUT2D eigenvalue weighted by Crippen LogP contribution is -2.30. The molecule has 2 rings (SSSR count). The third-order valence-electron chi connectivity index (χ3n) is 3.31. The monoisotopic (exact) mass is 271 g/mol. The zero-order chi connectivity index (χ0) is 14.5. The first-order valence-electron chi connectivity index (χ1n) is 6.96. The fourth-order valence-electron chi connectivity index (χ4n) is 2.33. The molecule has 1 aromatic heterocycles. The highest BCUT2D eigenvalue weighted by atomic mass is 16.1. The SMILES string of the molecule is CC(C)CC(CN)C(=O)Nc1cccc2ncccc12. The molecule has 0 radical (unpaired) electrons. The van der Waals surface area contributed by atoms with E-state index in [9.17, 15) is 4.79 Å². The van der Waals surface area contributed by atoms with Crippen molar-refractivity contribution in [3.8, 4) is 0 Å². The molecule has 1 atom stereocenters. The van der Waals surface area contributed by atoms with Crippen molar-refractivity contribution in [2.75, 3.05) is 11.9 Å².